The van der Waals surface area contributed by atoms with Gasteiger partial charge in [0.15, 0.2) is 0 Å². The molecule has 2 aliphatic heterocycles. The van der Waals surface area contributed by atoms with Crippen molar-refractivity contribution >= 4 is 11.9 Å². The van der Waals surface area contributed by atoms with Crippen LogP contribution in [-0.2, 0) is 4.74 Å². The maximum Gasteiger partial charge on any atom is 0.415 e. The molecule has 3 heteroatoms. The van der Waals surface area contributed by atoms with Gasteiger partial charge in [0.05, 0.1) is 6.04 Å². The second kappa shape index (κ2) is 4.12. The van der Waals surface area contributed by atoms with Gasteiger partial charge in [-0.2, -0.15) is 0 Å². The molecule has 1 saturated carbocycles. The van der Waals surface area contributed by atoms with E-state index in [1.54, 1.807) is 0 Å². The molecule has 19 heavy (non-hydrogen) atoms. The van der Waals surface area contributed by atoms with Crippen molar-refractivity contribution in [3.05, 3.63) is 41.5 Å². The summed E-state index contributed by atoms with van der Waals surface area (Å²) >= 11 is 0. The molecule has 0 bridgehead atoms. The van der Waals surface area contributed by atoms with E-state index in [0.717, 1.165) is 30.7 Å². The standard InChI is InChI=1S/C16H17NO2/c18-16-17-10-9-11-7-4-8-13(14(11)17)15(19-16)12-5-2-1-3-6-12/h1-3,5-6,11,14H,4,7-10H2/t11-,14+/m0/s1. The third-order valence-electron chi connectivity index (χ3n) is 4.65. The largest absolute Gasteiger partial charge is 0.415 e. The summed E-state index contributed by atoms with van der Waals surface area (Å²) < 4.78 is 5.64. The molecular formula is C16H17NO2. The van der Waals surface area contributed by atoms with Crippen LogP contribution in [0.15, 0.2) is 35.9 Å². The fraction of sp³-hybridized carbons (Fsp3) is 0.438. The number of hydrogen-bond acceptors (Lipinski definition) is 2. The average Bonchev–Trinajstić information content (AvgIpc) is 2.89. The van der Waals surface area contributed by atoms with E-state index in [0.29, 0.717) is 12.0 Å². The molecular weight excluding hydrogens is 238 g/mol. The lowest BCUT2D eigenvalue weighted by molar-refractivity contribution is 0.122. The maximum absolute atomic E-state index is 12.2. The number of cyclic esters (lactones) is 1. The zero-order valence-corrected chi connectivity index (χ0v) is 10.8. The van der Waals surface area contributed by atoms with Crippen LogP contribution in [0.1, 0.15) is 31.2 Å². The van der Waals surface area contributed by atoms with Crippen molar-refractivity contribution in [3.8, 4) is 0 Å². The zero-order chi connectivity index (χ0) is 12.8. The van der Waals surface area contributed by atoms with Crippen LogP contribution in [0.2, 0.25) is 0 Å². The predicted octanol–water partition coefficient (Wildman–Crippen LogP) is 3.42. The Morgan fingerprint density at radius 3 is 2.84 bits per heavy atom. The molecule has 1 aromatic rings. The number of hydrogen-bond donors (Lipinski definition) is 0. The lowest BCUT2D eigenvalue weighted by Gasteiger charge is -2.38. The van der Waals surface area contributed by atoms with Crippen LogP contribution in [-0.4, -0.2) is 23.6 Å². The normalized spacial score (nSPS) is 29.3. The van der Waals surface area contributed by atoms with Crippen molar-refractivity contribution in [2.24, 2.45) is 5.92 Å². The van der Waals surface area contributed by atoms with Gasteiger partial charge in [-0.15, -0.1) is 0 Å². The van der Waals surface area contributed by atoms with Crippen LogP contribution >= 0.6 is 0 Å². The van der Waals surface area contributed by atoms with Gasteiger partial charge in [0, 0.05) is 12.1 Å². The first kappa shape index (κ1) is 11.1. The Morgan fingerprint density at radius 2 is 2.00 bits per heavy atom. The fourth-order valence-electron chi connectivity index (χ4n) is 3.83. The smallest absolute Gasteiger partial charge is 0.410 e. The number of benzene rings is 1. The van der Waals surface area contributed by atoms with Crippen molar-refractivity contribution in [1.29, 1.82) is 0 Å². The summed E-state index contributed by atoms with van der Waals surface area (Å²) in [5.41, 5.74) is 2.39. The number of amides is 1. The predicted molar refractivity (Wildman–Crippen MR) is 72.3 cm³/mol. The third kappa shape index (κ3) is 1.61. The molecule has 0 spiro atoms. The van der Waals surface area contributed by atoms with Crippen LogP contribution in [0, 0.1) is 5.92 Å². The van der Waals surface area contributed by atoms with E-state index >= 15 is 0 Å². The molecule has 1 amide bonds. The maximum atomic E-state index is 12.2. The van der Waals surface area contributed by atoms with Crippen LogP contribution in [0.25, 0.3) is 5.76 Å². The molecule has 2 fully saturated rings. The molecule has 1 aliphatic carbocycles. The summed E-state index contributed by atoms with van der Waals surface area (Å²) in [5.74, 6) is 1.48. The first-order valence-corrected chi connectivity index (χ1v) is 7.11. The summed E-state index contributed by atoms with van der Waals surface area (Å²) in [6, 6.07) is 10.4. The molecule has 1 aromatic carbocycles. The minimum atomic E-state index is -0.156. The fourth-order valence-corrected chi connectivity index (χ4v) is 3.83. The monoisotopic (exact) mass is 255 g/mol. The summed E-state index contributed by atoms with van der Waals surface area (Å²) in [4.78, 5) is 14.1. The minimum Gasteiger partial charge on any atom is -0.410 e. The second-order valence-corrected chi connectivity index (χ2v) is 5.67. The Bertz CT molecular complexity index is 549. The summed E-state index contributed by atoms with van der Waals surface area (Å²) in [6.45, 7) is 0.861. The molecule has 98 valence electrons. The molecule has 0 radical (unpaired) electrons. The van der Waals surface area contributed by atoms with E-state index < -0.39 is 0 Å². The van der Waals surface area contributed by atoms with Gasteiger partial charge in [-0.05, 0) is 37.2 Å². The van der Waals surface area contributed by atoms with Gasteiger partial charge in [0.1, 0.15) is 5.76 Å². The van der Waals surface area contributed by atoms with E-state index in [-0.39, 0.29) is 6.09 Å². The van der Waals surface area contributed by atoms with Crippen molar-refractivity contribution < 1.29 is 9.53 Å². The summed E-state index contributed by atoms with van der Waals surface area (Å²) in [5, 5.41) is 0. The SMILES string of the molecule is O=C1OC(c2ccccc2)=C2CCC[C@H]3CCN1[C@@H]23. The molecule has 3 nitrogen and oxygen atoms in total. The van der Waals surface area contributed by atoms with Crippen LogP contribution in [0.4, 0.5) is 4.79 Å². The topological polar surface area (TPSA) is 29.5 Å². The molecule has 2 heterocycles. The Morgan fingerprint density at radius 1 is 1.16 bits per heavy atom. The highest BCUT2D eigenvalue weighted by Crippen LogP contribution is 2.45. The Labute approximate surface area is 112 Å². The van der Waals surface area contributed by atoms with Crippen LogP contribution in [0.3, 0.4) is 0 Å². The summed E-state index contributed by atoms with van der Waals surface area (Å²) in [6.07, 6.45) is 4.51. The summed E-state index contributed by atoms with van der Waals surface area (Å²) in [7, 11) is 0. The van der Waals surface area contributed by atoms with Gasteiger partial charge in [-0.1, -0.05) is 30.3 Å². The average molecular weight is 255 g/mol. The quantitative estimate of drug-likeness (QED) is 0.769. The third-order valence-corrected chi connectivity index (χ3v) is 4.65. The van der Waals surface area contributed by atoms with Gasteiger partial charge < -0.3 is 9.64 Å². The highest BCUT2D eigenvalue weighted by atomic mass is 16.6. The number of carbonyl (C=O) groups is 1. The van der Waals surface area contributed by atoms with E-state index in [2.05, 4.69) is 0 Å². The first-order chi connectivity index (χ1) is 9.34. The highest BCUT2D eigenvalue weighted by molar-refractivity contribution is 5.82. The number of rotatable bonds is 1. The Balaban J connectivity index is 1.84. The van der Waals surface area contributed by atoms with E-state index in [4.69, 9.17) is 4.74 Å². The van der Waals surface area contributed by atoms with Crippen LogP contribution < -0.4 is 0 Å². The molecule has 0 unspecified atom stereocenters. The van der Waals surface area contributed by atoms with Crippen molar-refractivity contribution in [3.63, 3.8) is 0 Å². The molecule has 3 aliphatic rings. The van der Waals surface area contributed by atoms with Gasteiger partial charge in [-0.3, -0.25) is 0 Å². The van der Waals surface area contributed by atoms with Gasteiger partial charge >= 0.3 is 6.09 Å². The highest BCUT2D eigenvalue weighted by Gasteiger charge is 2.46. The Hall–Kier alpha value is -1.77. The van der Waals surface area contributed by atoms with Crippen molar-refractivity contribution in [2.45, 2.75) is 31.7 Å². The number of carbonyl (C=O) groups excluding carboxylic acids is 1. The lowest BCUT2D eigenvalue weighted by atomic mass is 9.79. The van der Waals surface area contributed by atoms with E-state index in [1.807, 2.05) is 35.2 Å². The van der Waals surface area contributed by atoms with E-state index in [1.165, 1.54) is 18.4 Å². The molecule has 4 rings (SSSR count). The number of nitrogens with zero attached hydrogens (tertiary/aromatic N) is 1. The van der Waals surface area contributed by atoms with Gasteiger partial charge in [0.2, 0.25) is 0 Å². The molecule has 2 atom stereocenters. The first-order valence-electron chi connectivity index (χ1n) is 7.11. The second-order valence-electron chi connectivity index (χ2n) is 5.67. The molecule has 0 aromatic heterocycles. The minimum absolute atomic E-state index is 0.156. The molecule has 0 N–H and O–H groups in total. The lowest BCUT2D eigenvalue weighted by Crippen LogP contribution is -2.44. The number of ether oxygens (including phenoxy) is 1. The van der Waals surface area contributed by atoms with Gasteiger partial charge in [0.25, 0.3) is 0 Å². The van der Waals surface area contributed by atoms with Crippen molar-refractivity contribution in [2.75, 3.05) is 6.54 Å². The zero-order valence-electron chi connectivity index (χ0n) is 10.8. The van der Waals surface area contributed by atoms with Crippen molar-refractivity contribution in [1.82, 2.24) is 4.90 Å². The molecule has 1 saturated heterocycles. The van der Waals surface area contributed by atoms with Crippen LogP contribution in [0.5, 0.6) is 0 Å². The van der Waals surface area contributed by atoms with E-state index in [9.17, 15) is 4.79 Å². The van der Waals surface area contributed by atoms with Gasteiger partial charge in [-0.25, -0.2) is 4.79 Å². The Kier molecular flexibility index (Phi) is 2.40.